The molecule has 2 aromatic rings. The standard InChI is InChI=1S/C15H13BrO/c1-2-13-8-9-14(16)10-15(13)17-11-12-6-4-3-5-7-12/h2-10H,1,11H2. The van der Waals surface area contributed by atoms with Crippen LogP contribution in [0.15, 0.2) is 59.6 Å². The highest BCUT2D eigenvalue weighted by molar-refractivity contribution is 9.10. The number of halogens is 1. The van der Waals surface area contributed by atoms with E-state index in [0.717, 1.165) is 21.3 Å². The first-order valence-electron chi connectivity index (χ1n) is 5.38. The van der Waals surface area contributed by atoms with Crippen LogP contribution in [-0.2, 0) is 6.61 Å². The van der Waals surface area contributed by atoms with Gasteiger partial charge < -0.3 is 4.74 Å². The molecular formula is C15H13BrO. The first-order chi connectivity index (χ1) is 8.29. The van der Waals surface area contributed by atoms with Gasteiger partial charge in [0, 0.05) is 10.0 Å². The minimum Gasteiger partial charge on any atom is -0.488 e. The highest BCUT2D eigenvalue weighted by atomic mass is 79.9. The van der Waals surface area contributed by atoms with Gasteiger partial charge >= 0.3 is 0 Å². The zero-order valence-electron chi connectivity index (χ0n) is 9.40. The smallest absolute Gasteiger partial charge is 0.128 e. The second kappa shape index (κ2) is 5.69. The van der Waals surface area contributed by atoms with Crippen molar-refractivity contribution in [3.05, 3.63) is 70.7 Å². The van der Waals surface area contributed by atoms with Crippen molar-refractivity contribution in [2.45, 2.75) is 6.61 Å². The molecule has 0 aliphatic heterocycles. The number of benzene rings is 2. The van der Waals surface area contributed by atoms with Crippen LogP contribution in [0, 0.1) is 0 Å². The highest BCUT2D eigenvalue weighted by Gasteiger charge is 2.02. The largest absolute Gasteiger partial charge is 0.488 e. The van der Waals surface area contributed by atoms with Crippen LogP contribution in [0.25, 0.3) is 6.08 Å². The van der Waals surface area contributed by atoms with Crippen LogP contribution >= 0.6 is 15.9 Å². The Morgan fingerprint density at radius 1 is 1.12 bits per heavy atom. The summed E-state index contributed by atoms with van der Waals surface area (Å²) in [6.45, 7) is 4.35. The predicted molar refractivity (Wildman–Crippen MR) is 75.0 cm³/mol. The molecule has 0 unspecified atom stereocenters. The van der Waals surface area contributed by atoms with Gasteiger partial charge in [-0.05, 0) is 17.7 Å². The number of hydrogen-bond acceptors (Lipinski definition) is 1. The van der Waals surface area contributed by atoms with Gasteiger partial charge in [-0.15, -0.1) is 0 Å². The predicted octanol–water partition coefficient (Wildman–Crippen LogP) is 4.67. The van der Waals surface area contributed by atoms with E-state index in [9.17, 15) is 0 Å². The summed E-state index contributed by atoms with van der Waals surface area (Å²) >= 11 is 3.44. The quantitative estimate of drug-likeness (QED) is 0.794. The van der Waals surface area contributed by atoms with E-state index in [2.05, 4.69) is 22.5 Å². The molecule has 2 rings (SSSR count). The Kier molecular flexibility index (Phi) is 3.99. The zero-order chi connectivity index (χ0) is 12.1. The normalized spacial score (nSPS) is 9.94. The Labute approximate surface area is 110 Å². The van der Waals surface area contributed by atoms with Crippen molar-refractivity contribution in [1.29, 1.82) is 0 Å². The number of rotatable bonds is 4. The lowest BCUT2D eigenvalue weighted by Gasteiger charge is -2.09. The Bertz CT molecular complexity index is 506. The first kappa shape index (κ1) is 11.9. The molecule has 0 spiro atoms. The fraction of sp³-hybridized carbons (Fsp3) is 0.0667. The van der Waals surface area contributed by atoms with Crippen molar-refractivity contribution in [2.75, 3.05) is 0 Å². The molecule has 86 valence electrons. The van der Waals surface area contributed by atoms with Gasteiger partial charge in [0.25, 0.3) is 0 Å². The third-order valence-electron chi connectivity index (χ3n) is 2.43. The summed E-state index contributed by atoms with van der Waals surface area (Å²) in [6, 6.07) is 16.0. The summed E-state index contributed by atoms with van der Waals surface area (Å²) in [5.41, 5.74) is 2.16. The van der Waals surface area contributed by atoms with E-state index in [1.807, 2.05) is 48.5 Å². The molecule has 0 N–H and O–H groups in total. The second-order valence-corrected chi connectivity index (χ2v) is 4.58. The van der Waals surface area contributed by atoms with Crippen LogP contribution in [0.1, 0.15) is 11.1 Å². The molecular weight excluding hydrogens is 276 g/mol. The van der Waals surface area contributed by atoms with Gasteiger partial charge in [-0.1, -0.05) is 65.0 Å². The Morgan fingerprint density at radius 3 is 2.59 bits per heavy atom. The van der Waals surface area contributed by atoms with E-state index in [1.54, 1.807) is 6.08 Å². The van der Waals surface area contributed by atoms with Crippen molar-refractivity contribution < 1.29 is 4.74 Å². The van der Waals surface area contributed by atoms with Crippen LogP contribution < -0.4 is 4.74 Å². The highest BCUT2D eigenvalue weighted by Crippen LogP contribution is 2.25. The first-order valence-corrected chi connectivity index (χ1v) is 6.17. The maximum absolute atomic E-state index is 5.79. The molecule has 0 fully saturated rings. The molecule has 0 aliphatic carbocycles. The number of hydrogen-bond donors (Lipinski definition) is 0. The third-order valence-corrected chi connectivity index (χ3v) is 2.93. The summed E-state index contributed by atoms with van der Waals surface area (Å²) in [5.74, 6) is 0.846. The van der Waals surface area contributed by atoms with Gasteiger partial charge in [0.1, 0.15) is 12.4 Å². The molecule has 0 heterocycles. The molecule has 2 aromatic carbocycles. The molecule has 0 amide bonds. The SMILES string of the molecule is C=Cc1ccc(Br)cc1OCc1ccccc1. The van der Waals surface area contributed by atoms with Crippen LogP contribution in [0.2, 0.25) is 0 Å². The topological polar surface area (TPSA) is 9.23 Å². The third kappa shape index (κ3) is 3.21. The molecule has 0 atom stereocenters. The van der Waals surface area contributed by atoms with Crippen molar-refractivity contribution in [3.8, 4) is 5.75 Å². The summed E-state index contributed by atoms with van der Waals surface area (Å²) < 4.78 is 6.80. The molecule has 0 aromatic heterocycles. The van der Waals surface area contributed by atoms with Crippen molar-refractivity contribution in [2.24, 2.45) is 0 Å². The lowest BCUT2D eigenvalue weighted by atomic mass is 10.2. The minimum atomic E-state index is 0.568. The summed E-state index contributed by atoms with van der Waals surface area (Å²) in [5, 5.41) is 0. The van der Waals surface area contributed by atoms with E-state index in [-0.39, 0.29) is 0 Å². The molecule has 0 bridgehead atoms. The van der Waals surface area contributed by atoms with Gasteiger partial charge in [0.2, 0.25) is 0 Å². The molecule has 2 heteroatoms. The second-order valence-electron chi connectivity index (χ2n) is 3.66. The van der Waals surface area contributed by atoms with Gasteiger partial charge in [0.05, 0.1) is 0 Å². The average molecular weight is 289 g/mol. The summed E-state index contributed by atoms with van der Waals surface area (Å²) in [4.78, 5) is 0. The van der Waals surface area contributed by atoms with Crippen LogP contribution in [0.5, 0.6) is 5.75 Å². The van der Waals surface area contributed by atoms with E-state index in [0.29, 0.717) is 6.61 Å². The maximum atomic E-state index is 5.79. The average Bonchev–Trinajstić information content (AvgIpc) is 2.38. The molecule has 0 radical (unpaired) electrons. The lowest BCUT2D eigenvalue weighted by Crippen LogP contribution is -1.96. The van der Waals surface area contributed by atoms with Gasteiger partial charge in [-0.2, -0.15) is 0 Å². The van der Waals surface area contributed by atoms with Crippen LogP contribution in [-0.4, -0.2) is 0 Å². The molecule has 0 aliphatic rings. The monoisotopic (exact) mass is 288 g/mol. The molecule has 1 nitrogen and oxygen atoms in total. The van der Waals surface area contributed by atoms with Crippen molar-refractivity contribution in [1.82, 2.24) is 0 Å². The number of ether oxygens (including phenoxy) is 1. The maximum Gasteiger partial charge on any atom is 0.128 e. The van der Waals surface area contributed by atoms with E-state index < -0.39 is 0 Å². The van der Waals surface area contributed by atoms with E-state index >= 15 is 0 Å². The van der Waals surface area contributed by atoms with Gasteiger partial charge in [-0.25, -0.2) is 0 Å². The Hall–Kier alpha value is -1.54. The molecule has 17 heavy (non-hydrogen) atoms. The minimum absolute atomic E-state index is 0.568. The zero-order valence-corrected chi connectivity index (χ0v) is 11.0. The van der Waals surface area contributed by atoms with Gasteiger partial charge in [-0.3, -0.25) is 0 Å². The molecule has 0 saturated heterocycles. The van der Waals surface area contributed by atoms with Gasteiger partial charge in [0.15, 0.2) is 0 Å². The summed E-state index contributed by atoms with van der Waals surface area (Å²) in [6.07, 6.45) is 1.80. The van der Waals surface area contributed by atoms with Crippen LogP contribution in [0.3, 0.4) is 0 Å². The van der Waals surface area contributed by atoms with E-state index in [4.69, 9.17) is 4.74 Å². The molecule has 0 saturated carbocycles. The Balaban J connectivity index is 2.13. The fourth-order valence-electron chi connectivity index (χ4n) is 1.54. The van der Waals surface area contributed by atoms with Crippen molar-refractivity contribution >= 4 is 22.0 Å². The summed E-state index contributed by atoms with van der Waals surface area (Å²) in [7, 11) is 0. The fourth-order valence-corrected chi connectivity index (χ4v) is 1.88. The van der Waals surface area contributed by atoms with Crippen molar-refractivity contribution in [3.63, 3.8) is 0 Å². The lowest BCUT2D eigenvalue weighted by molar-refractivity contribution is 0.305. The Morgan fingerprint density at radius 2 is 1.88 bits per heavy atom. The van der Waals surface area contributed by atoms with E-state index in [1.165, 1.54) is 0 Å². The van der Waals surface area contributed by atoms with Crippen LogP contribution in [0.4, 0.5) is 0 Å².